The van der Waals surface area contributed by atoms with Crippen LogP contribution in [-0.4, -0.2) is 33.0 Å². The van der Waals surface area contributed by atoms with Gasteiger partial charge in [0.1, 0.15) is 17.6 Å². The summed E-state index contributed by atoms with van der Waals surface area (Å²) in [7, 11) is 1.70. The molecular formula is C16H23NO3. The lowest BCUT2D eigenvalue weighted by Gasteiger charge is -2.35. The second kappa shape index (κ2) is 6.02. The summed E-state index contributed by atoms with van der Waals surface area (Å²) in [5.74, 6) is 2.39. The van der Waals surface area contributed by atoms with E-state index in [2.05, 4.69) is 18.3 Å². The van der Waals surface area contributed by atoms with Crippen LogP contribution in [0.5, 0.6) is 11.5 Å². The summed E-state index contributed by atoms with van der Waals surface area (Å²) in [5.41, 5.74) is 1.21. The molecule has 0 aliphatic carbocycles. The van der Waals surface area contributed by atoms with Crippen molar-refractivity contribution in [2.45, 2.75) is 31.9 Å². The molecule has 2 aliphatic rings. The number of benzene rings is 1. The van der Waals surface area contributed by atoms with Gasteiger partial charge in [-0.2, -0.15) is 0 Å². The highest BCUT2D eigenvalue weighted by atomic mass is 16.5. The highest BCUT2D eigenvalue weighted by Crippen LogP contribution is 2.40. The topological polar surface area (TPSA) is 39.7 Å². The van der Waals surface area contributed by atoms with E-state index in [1.807, 2.05) is 12.1 Å². The molecule has 2 heterocycles. The molecule has 1 fully saturated rings. The van der Waals surface area contributed by atoms with Gasteiger partial charge in [0.2, 0.25) is 0 Å². The minimum absolute atomic E-state index is 0.252. The van der Waals surface area contributed by atoms with Gasteiger partial charge in [0.05, 0.1) is 13.7 Å². The Morgan fingerprint density at radius 3 is 3.00 bits per heavy atom. The van der Waals surface area contributed by atoms with E-state index < -0.39 is 0 Å². The SMILES string of the molecule is CCNC1CC(C2CCOC2)Oc2ccc(OC)cc21. The van der Waals surface area contributed by atoms with Crippen molar-refractivity contribution in [3.8, 4) is 11.5 Å². The van der Waals surface area contributed by atoms with Crippen LogP contribution in [0.15, 0.2) is 18.2 Å². The van der Waals surface area contributed by atoms with Crippen LogP contribution in [-0.2, 0) is 4.74 Å². The molecule has 3 unspecified atom stereocenters. The van der Waals surface area contributed by atoms with E-state index in [0.717, 1.165) is 44.1 Å². The number of fused-ring (bicyclic) bond motifs is 1. The van der Waals surface area contributed by atoms with Crippen LogP contribution < -0.4 is 14.8 Å². The monoisotopic (exact) mass is 277 g/mol. The van der Waals surface area contributed by atoms with Gasteiger partial charge in [-0.25, -0.2) is 0 Å². The molecule has 20 heavy (non-hydrogen) atoms. The van der Waals surface area contributed by atoms with E-state index in [-0.39, 0.29) is 6.10 Å². The molecule has 0 bridgehead atoms. The second-order valence-electron chi connectivity index (χ2n) is 5.53. The molecule has 4 heteroatoms. The molecule has 1 N–H and O–H groups in total. The zero-order valence-corrected chi connectivity index (χ0v) is 12.2. The third kappa shape index (κ3) is 2.63. The number of nitrogens with one attached hydrogen (secondary N) is 1. The largest absolute Gasteiger partial charge is 0.497 e. The summed E-state index contributed by atoms with van der Waals surface area (Å²) in [6.45, 7) is 4.79. The van der Waals surface area contributed by atoms with Crippen molar-refractivity contribution in [1.29, 1.82) is 0 Å². The lowest BCUT2D eigenvalue weighted by molar-refractivity contribution is 0.0803. The van der Waals surface area contributed by atoms with Gasteiger partial charge in [0.25, 0.3) is 0 Å². The number of ether oxygens (including phenoxy) is 3. The molecular weight excluding hydrogens is 254 g/mol. The van der Waals surface area contributed by atoms with Gasteiger partial charge in [-0.3, -0.25) is 0 Å². The molecule has 2 aliphatic heterocycles. The fourth-order valence-corrected chi connectivity index (χ4v) is 3.18. The molecule has 0 radical (unpaired) electrons. The van der Waals surface area contributed by atoms with Crippen molar-refractivity contribution in [2.75, 3.05) is 26.9 Å². The third-order valence-corrected chi connectivity index (χ3v) is 4.28. The lowest BCUT2D eigenvalue weighted by atomic mass is 9.89. The Morgan fingerprint density at radius 2 is 2.30 bits per heavy atom. The van der Waals surface area contributed by atoms with E-state index in [1.54, 1.807) is 7.11 Å². The van der Waals surface area contributed by atoms with Gasteiger partial charge < -0.3 is 19.5 Å². The molecule has 0 aromatic heterocycles. The second-order valence-corrected chi connectivity index (χ2v) is 5.53. The first kappa shape index (κ1) is 13.7. The first-order valence-electron chi connectivity index (χ1n) is 7.47. The first-order chi connectivity index (χ1) is 9.81. The Bertz CT molecular complexity index is 457. The molecule has 1 saturated heterocycles. The molecule has 3 atom stereocenters. The zero-order chi connectivity index (χ0) is 13.9. The van der Waals surface area contributed by atoms with Crippen molar-refractivity contribution in [2.24, 2.45) is 5.92 Å². The quantitative estimate of drug-likeness (QED) is 0.918. The summed E-state index contributed by atoms with van der Waals surface area (Å²) in [5, 5.41) is 3.57. The van der Waals surface area contributed by atoms with Crippen LogP contribution >= 0.6 is 0 Å². The van der Waals surface area contributed by atoms with Gasteiger partial charge in [-0.15, -0.1) is 0 Å². The predicted molar refractivity (Wildman–Crippen MR) is 77.4 cm³/mol. The highest BCUT2D eigenvalue weighted by Gasteiger charge is 2.35. The highest BCUT2D eigenvalue weighted by molar-refractivity contribution is 5.43. The molecule has 0 saturated carbocycles. The van der Waals surface area contributed by atoms with E-state index in [9.17, 15) is 0 Å². The van der Waals surface area contributed by atoms with Crippen molar-refractivity contribution in [3.05, 3.63) is 23.8 Å². The van der Waals surface area contributed by atoms with E-state index in [4.69, 9.17) is 14.2 Å². The maximum absolute atomic E-state index is 6.22. The van der Waals surface area contributed by atoms with Gasteiger partial charge in [-0.1, -0.05) is 6.92 Å². The summed E-state index contributed by atoms with van der Waals surface area (Å²) < 4.78 is 17.1. The molecule has 0 spiro atoms. The van der Waals surface area contributed by atoms with Crippen LogP contribution in [0.1, 0.15) is 31.4 Å². The Balaban J connectivity index is 1.85. The summed E-state index contributed by atoms with van der Waals surface area (Å²) in [6, 6.07) is 6.42. The number of rotatable bonds is 4. The maximum atomic E-state index is 6.22. The van der Waals surface area contributed by atoms with Crippen LogP contribution in [0.25, 0.3) is 0 Å². The molecule has 1 aromatic rings. The molecule has 4 nitrogen and oxygen atoms in total. The number of methoxy groups -OCH3 is 1. The average molecular weight is 277 g/mol. The predicted octanol–water partition coefficient (Wildman–Crippen LogP) is 2.53. The van der Waals surface area contributed by atoms with E-state index in [0.29, 0.717) is 12.0 Å². The normalized spacial score (nSPS) is 28.8. The molecule has 110 valence electrons. The standard InChI is InChI=1S/C16H23NO3/c1-3-17-14-9-16(11-6-7-19-10-11)20-15-5-4-12(18-2)8-13(14)15/h4-5,8,11,14,16-17H,3,6-7,9-10H2,1-2H3. The molecule has 3 rings (SSSR count). The fourth-order valence-electron chi connectivity index (χ4n) is 3.18. The van der Waals surface area contributed by atoms with Crippen molar-refractivity contribution in [1.82, 2.24) is 5.32 Å². The maximum Gasteiger partial charge on any atom is 0.124 e. The Labute approximate surface area is 120 Å². The third-order valence-electron chi connectivity index (χ3n) is 4.28. The van der Waals surface area contributed by atoms with Crippen LogP contribution in [0.3, 0.4) is 0 Å². The smallest absolute Gasteiger partial charge is 0.124 e. The summed E-state index contributed by atoms with van der Waals surface area (Å²) in [6.07, 6.45) is 2.36. The van der Waals surface area contributed by atoms with Crippen molar-refractivity contribution < 1.29 is 14.2 Å². The number of hydrogen-bond donors (Lipinski definition) is 1. The minimum Gasteiger partial charge on any atom is -0.497 e. The molecule has 0 amide bonds. The van der Waals surface area contributed by atoms with Crippen molar-refractivity contribution in [3.63, 3.8) is 0 Å². The van der Waals surface area contributed by atoms with E-state index in [1.165, 1.54) is 5.56 Å². The Hall–Kier alpha value is -1.26. The van der Waals surface area contributed by atoms with E-state index >= 15 is 0 Å². The Morgan fingerprint density at radius 1 is 1.40 bits per heavy atom. The van der Waals surface area contributed by atoms with Crippen molar-refractivity contribution >= 4 is 0 Å². The van der Waals surface area contributed by atoms with Crippen LogP contribution in [0.4, 0.5) is 0 Å². The fraction of sp³-hybridized carbons (Fsp3) is 0.625. The van der Waals surface area contributed by atoms with Crippen LogP contribution in [0.2, 0.25) is 0 Å². The lowest BCUT2D eigenvalue weighted by Crippen LogP contribution is -2.37. The first-order valence-corrected chi connectivity index (χ1v) is 7.47. The zero-order valence-electron chi connectivity index (χ0n) is 12.2. The van der Waals surface area contributed by atoms with Gasteiger partial charge in [0.15, 0.2) is 0 Å². The summed E-state index contributed by atoms with van der Waals surface area (Å²) in [4.78, 5) is 0. The Kier molecular flexibility index (Phi) is 4.13. The van der Waals surface area contributed by atoms with Gasteiger partial charge in [0, 0.05) is 30.6 Å². The summed E-state index contributed by atoms with van der Waals surface area (Å²) >= 11 is 0. The van der Waals surface area contributed by atoms with Gasteiger partial charge >= 0.3 is 0 Å². The van der Waals surface area contributed by atoms with Gasteiger partial charge in [-0.05, 0) is 31.2 Å². The minimum atomic E-state index is 0.252. The van der Waals surface area contributed by atoms with Crippen LogP contribution in [0, 0.1) is 5.92 Å². The molecule has 1 aromatic carbocycles. The average Bonchev–Trinajstić information content (AvgIpc) is 3.01. The number of hydrogen-bond acceptors (Lipinski definition) is 4.